The van der Waals surface area contributed by atoms with Gasteiger partial charge >= 0.3 is 0 Å². The SMILES string of the molecule is CCCC1C(=O)N(C)CCN1C(=O)c1cccc(-c2cnc(N)c(C#N)c2)c1. The number of piperazine rings is 1. The van der Waals surface area contributed by atoms with Gasteiger partial charge in [-0.05, 0) is 30.2 Å². The van der Waals surface area contributed by atoms with Crippen LogP contribution in [0.1, 0.15) is 35.7 Å². The molecular weight excluding hydrogens is 354 g/mol. The van der Waals surface area contributed by atoms with Gasteiger partial charge in [0.2, 0.25) is 5.91 Å². The normalized spacial score (nSPS) is 16.8. The molecule has 28 heavy (non-hydrogen) atoms. The number of nitrogens with zero attached hydrogens (tertiary/aromatic N) is 4. The first-order valence-corrected chi connectivity index (χ1v) is 9.28. The second-order valence-corrected chi connectivity index (χ2v) is 6.91. The van der Waals surface area contributed by atoms with Gasteiger partial charge in [0, 0.05) is 37.5 Å². The van der Waals surface area contributed by atoms with Crippen molar-refractivity contribution in [3.05, 3.63) is 47.7 Å². The van der Waals surface area contributed by atoms with Crippen LogP contribution in [0.4, 0.5) is 5.82 Å². The average molecular weight is 377 g/mol. The maximum Gasteiger partial charge on any atom is 0.254 e. The standard InChI is InChI=1S/C21H23N5O2/c1-3-5-18-21(28)25(2)8-9-26(18)20(27)15-7-4-6-14(10-15)17-11-16(12-22)19(23)24-13-17/h4,6-7,10-11,13,18H,3,5,8-9H2,1-2H3,(H2,23,24). The van der Waals surface area contributed by atoms with Crippen LogP contribution in [-0.2, 0) is 4.79 Å². The topological polar surface area (TPSA) is 103 Å². The number of hydrogen-bond acceptors (Lipinski definition) is 5. The summed E-state index contributed by atoms with van der Waals surface area (Å²) in [4.78, 5) is 33.1. The summed E-state index contributed by atoms with van der Waals surface area (Å²) in [6.07, 6.45) is 3.04. The minimum absolute atomic E-state index is 0.0148. The third-order valence-corrected chi connectivity index (χ3v) is 5.02. The van der Waals surface area contributed by atoms with Crippen LogP contribution in [0.5, 0.6) is 0 Å². The maximum atomic E-state index is 13.2. The molecule has 1 saturated heterocycles. The monoisotopic (exact) mass is 377 g/mol. The van der Waals surface area contributed by atoms with Crippen molar-refractivity contribution < 1.29 is 9.59 Å². The number of likely N-dealkylation sites (N-methyl/N-ethyl adjacent to an activating group) is 1. The highest BCUT2D eigenvalue weighted by Gasteiger charge is 2.35. The van der Waals surface area contributed by atoms with E-state index in [0.29, 0.717) is 36.2 Å². The van der Waals surface area contributed by atoms with Gasteiger partial charge in [-0.25, -0.2) is 4.98 Å². The number of carbonyl (C=O) groups is 2. The Kier molecular flexibility index (Phi) is 5.59. The Morgan fingerprint density at radius 3 is 2.82 bits per heavy atom. The highest BCUT2D eigenvalue weighted by Crippen LogP contribution is 2.25. The Hall–Kier alpha value is -3.40. The maximum absolute atomic E-state index is 13.2. The molecule has 0 bridgehead atoms. The Morgan fingerprint density at radius 1 is 1.32 bits per heavy atom. The molecule has 0 aliphatic carbocycles. The molecule has 0 saturated carbocycles. The molecule has 1 fully saturated rings. The van der Waals surface area contributed by atoms with E-state index in [1.807, 2.05) is 19.1 Å². The van der Waals surface area contributed by atoms with Crippen molar-refractivity contribution in [1.82, 2.24) is 14.8 Å². The summed E-state index contributed by atoms with van der Waals surface area (Å²) in [6, 6.07) is 10.4. The van der Waals surface area contributed by atoms with Gasteiger partial charge in [-0.2, -0.15) is 5.26 Å². The minimum Gasteiger partial charge on any atom is -0.383 e. The Morgan fingerprint density at radius 2 is 2.11 bits per heavy atom. The molecule has 2 amide bonds. The molecule has 1 aliphatic heterocycles. The van der Waals surface area contributed by atoms with Crippen molar-refractivity contribution in [3.63, 3.8) is 0 Å². The minimum atomic E-state index is -0.428. The van der Waals surface area contributed by atoms with E-state index in [-0.39, 0.29) is 17.6 Å². The third-order valence-electron chi connectivity index (χ3n) is 5.02. The lowest BCUT2D eigenvalue weighted by Crippen LogP contribution is -2.57. The van der Waals surface area contributed by atoms with Crippen LogP contribution in [0.25, 0.3) is 11.1 Å². The molecule has 7 nitrogen and oxygen atoms in total. The first-order chi connectivity index (χ1) is 13.5. The fraction of sp³-hybridized carbons (Fsp3) is 0.333. The van der Waals surface area contributed by atoms with Gasteiger partial charge < -0.3 is 15.5 Å². The van der Waals surface area contributed by atoms with Gasteiger partial charge in [0.25, 0.3) is 5.91 Å². The summed E-state index contributed by atoms with van der Waals surface area (Å²) < 4.78 is 0. The number of benzene rings is 1. The van der Waals surface area contributed by atoms with Gasteiger partial charge in [-0.15, -0.1) is 0 Å². The number of hydrogen-bond donors (Lipinski definition) is 1. The van der Waals surface area contributed by atoms with Crippen LogP contribution in [0, 0.1) is 11.3 Å². The lowest BCUT2D eigenvalue weighted by Gasteiger charge is -2.39. The van der Waals surface area contributed by atoms with Crippen molar-refractivity contribution in [2.45, 2.75) is 25.8 Å². The predicted molar refractivity (Wildman–Crippen MR) is 106 cm³/mol. The molecule has 1 aromatic heterocycles. The fourth-order valence-electron chi connectivity index (χ4n) is 3.43. The molecule has 1 aromatic carbocycles. The summed E-state index contributed by atoms with van der Waals surface area (Å²) in [5.74, 6) is 0.00139. The van der Waals surface area contributed by atoms with E-state index in [0.717, 1.165) is 12.0 Å². The summed E-state index contributed by atoms with van der Waals surface area (Å²) >= 11 is 0. The summed E-state index contributed by atoms with van der Waals surface area (Å²) in [5, 5.41) is 9.16. The average Bonchev–Trinajstić information content (AvgIpc) is 2.71. The molecule has 2 aromatic rings. The van der Waals surface area contributed by atoms with Crippen LogP contribution in [0.15, 0.2) is 36.5 Å². The lowest BCUT2D eigenvalue weighted by atomic mass is 10.0. The van der Waals surface area contributed by atoms with E-state index in [1.165, 1.54) is 0 Å². The van der Waals surface area contributed by atoms with Crippen LogP contribution >= 0.6 is 0 Å². The smallest absolute Gasteiger partial charge is 0.254 e. The number of nitriles is 1. The summed E-state index contributed by atoms with van der Waals surface area (Å²) in [5.41, 5.74) is 7.96. The number of carbonyl (C=O) groups excluding carboxylic acids is 2. The Labute approximate surface area is 164 Å². The third kappa shape index (κ3) is 3.67. The number of rotatable bonds is 4. The predicted octanol–water partition coefficient (Wildman–Crippen LogP) is 2.29. The van der Waals surface area contributed by atoms with Crippen LogP contribution in [-0.4, -0.2) is 52.8 Å². The quantitative estimate of drug-likeness (QED) is 0.880. The Balaban J connectivity index is 1.92. The zero-order valence-corrected chi connectivity index (χ0v) is 16.1. The highest BCUT2D eigenvalue weighted by atomic mass is 16.2. The van der Waals surface area contributed by atoms with E-state index in [9.17, 15) is 9.59 Å². The van der Waals surface area contributed by atoms with Crippen molar-refractivity contribution in [2.24, 2.45) is 0 Å². The van der Waals surface area contributed by atoms with Gasteiger partial charge in [0.1, 0.15) is 17.9 Å². The van der Waals surface area contributed by atoms with E-state index in [2.05, 4.69) is 4.98 Å². The zero-order valence-electron chi connectivity index (χ0n) is 16.1. The van der Waals surface area contributed by atoms with Gasteiger partial charge in [-0.3, -0.25) is 9.59 Å². The number of amides is 2. The van der Waals surface area contributed by atoms with E-state index >= 15 is 0 Å². The molecule has 144 valence electrons. The molecule has 0 spiro atoms. The number of aromatic nitrogens is 1. The van der Waals surface area contributed by atoms with Gasteiger partial charge in [-0.1, -0.05) is 25.5 Å². The largest absolute Gasteiger partial charge is 0.383 e. The van der Waals surface area contributed by atoms with Crippen molar-refractivity contribution in [3.8, 4) is 17.2 Å². The Bertz CT molecular complexity index is 950. The second kappa shape index (κ2) is 8.09. The van der Waals surface area contributed by atoms with Gasteiger partial charge in [0.05, 0.1) is 5.56 Å². The molecule has 1 unspecified atom stereocenters. The fourth-order valence-corrected chi connectivity index (χ4v) is 3.43. The number of nitrogens with two attached hydrogens (primary N) is 1. The highest BCUT2D eigenvalue weighted by molar-refractivity contribution is 5.99. The van der Waals surface area contributed by atoms with Crippen LogP contribution in [0.2, 0.25) is 0 Å². The number of pyridine rings is 1. The van der Waals surface area contributed by atoms with E-state index in [4.69, 9.17) is 11.0 Å². The summed E-state index contributed by atoms with van der Waals surface area (Å²) in [7, 11) is 1.77. The van der Waals surface area contributed by atoms with Crippen molar-refractivity contribution in [2.75, 3.05) is 25.9 Å². The zero-order chi connectivity index (χ0) is 20.3. The molecule has 2 N–H and O–H groups in total. The molecule has 0 radical (unpaired) electrons. The van der Waals surface area contributed by atoms with E-state index < -0.39 is 6.04 Å². The van der Waals surface area contributed by atoms with Crippen molar-refractivity contribution in [1.29, 1.82) is 5.26 Å². The molecule has 1 atom stereocenters. The first-order valence-electron chi connectivity index (χ1n) is 9.28. The second-order valence-electron chi connectivity index (χ2n) is 6.91. The molecular formula is C21H23N5O2. The number of anilines is 1. The molecule has 1 aliphatic rings. The van der Waals surface area contributed by atoms with E-state index in [1.54, 1.807) is 47.3 Å². The molecule has 2 heterocycles. The van der Waals surface area contributed by atoms with Crippen molar-refractivity contribution >= 4 is 17.6 Å². The first kappa shape index (κ1) is 19.4. The summed E-state index contributed by atoms with van der Waals surface area (Å²) in [6.45, 7) is 3.04. The molecule has 3 rings (SSSR count). The number of nitrogen functional groups attached to an aromatic ring is 1. The van der Waals surface area contributed by atoms with Crippen LogP contribution in [0.3, 0.4) is 0 Å². The van der Waals surface area contributed by atoms with Gasteiger partial charge in [0.15, 0.2) is 0 Å². The molecule has 7 heteroatoms. The van der Waals surface area contributed by atoms with Crippen LogP contribution < -0.4 is 5.73 Å². The lowest BCUT2D eigenvalue weighted by molar-refractivity contribution is -0.138.